The van der Waals surface area contributed by atoms with Gasteiger partial charge in [-0.2, -0.15) is 5.10 Å². The van der Waals surface area contributed by atoms with Crippen LogP contribution in [0.2, 0.25) is 0 Å². The number of rotatable bonds is 6. The van der Waals surface area contributed by atoms with Crippen molar-refractivity contribution < 1.29 is 0 Å². The fourth-order valence-corrected chi connectivity index (χ4v) is 4.07. The largest absolute Gasteiger partial charge is 0.368 e. The molecule has 1 saturated heterocycles. The second-order valence-corrected chi connectivity index (χ2v) is 8.25. The van der Waals surface area contributed by atoms with E-state index in [-0.39, 0.29) is 11.6 Å². The number of nitrogens with one attached hydrogen (secondary N) is 1. The van der Waals surface area contributed by atoms with Crippen LogP contribution < -0.4 is 15.8 Å². The van der Waals surface area contributed by atoms with Gasteiger partial charge in [-0.1, -0.05) is 6.42 Å². The zero-order valence-electron chi connectivity index (χ0n) is 16.8. The van der Waals surface area contributed by atoms with Gasteiger partial charge in [0, 0.05) is 42.9 Å². The van der Waals surface area contributed by atoms with Gasteiger partial charge in [0.15, 0.2) is 0 Å². The summed E-state index contributed by atoms with van der Waals surface area (Å²) in [6.07, 6.45) is 8.93. The van der Waals surface area contributed by atoms with Crippen LogP contribution in [-0.4, -0.2) is 38.9 Å². The maximum absolute atomic E-state index is 12.1. The molecule has 1 aliphatic heterocycles. The van der Waals surface area contributed by atoms with E-state index in [1.165, 1.54) is 25.7 Å². The normalized spacial score (nSPS) is 20.2. The molecule has 150 valence electrons. The Morgan fingerprint density at radius 2 is 2.00 bits per heavy atom. The Morgan fingerprint density at radius 3 is 2.75 bits per heavy atom. The van der Waals surface area contributed by atoms with E-state index in [2.05, 4.69) is 31.3 Å². The Kier molecular flexibility index (Phi) is 5.59. The molecule has 2 fully saturated rings. The number of anilines is 2. The summed E-state index contributed by atoms with van der Waals surface area (Å²) < 4.78 is 1.57. The molecule has 3 heterocycles. The minimum absolute atomic E-state index is 0.0463. The van der Waals surface area contributed by atoms with E-state index >= 15 is 0 Å². The molecule has 1 unspecified atom stereocenters. The van der Waals surface area contributed by atoms with Gasteiger partial charge < -0.3 is 10.2 Å². The summed E-state index contributed by atoms with van der Waals surface area (Å²) in [5, 5.41) is 8.15. The minimum atomic E-state index is -0.0463. The average molecular weight is 383 g/mol. The number of nitrogens with zero attached hydrogens (tertiary/aromatic N) is 5. The predicted octanol–water partition coefficient (Wildman–Crippen LogP) is 3.35. The summed E-state index contributed by atoms with van der Waals surface area (Å²) in [6, 6.07) is 5.99. The topological polar surface area (TPSA) is 75.9 Å². The number of hydrogen-bond acceptors (Lipinski definition) is 6. The fourth-order valence-electron chi connectivity index (χ4n) is 4.07. The SMILES string of the molecule is CC(C)n1nc(N2CCCCC2CNc2cc(C3CCC3)ncn2)ccc1=O. The third-order valence-corrected chi connectivity index (χ3v) is 5.95. The van der Waals surface area contributed by atoms with Crippen LogP contribution >= 0.6 is 0 Å². The summed E-state index contributed by atoms with van der Waals surface area (Å²) in [4.78, 5) is 23.3. The Balaban J connectivity index is 1.47. The number of piperidine rings is 1. The first-order chi connectivity index (χ1) is 13.6. The van der Waals surface area contributed by atoms with Gasteiger partial charge in [0.2, 0.25) is 0 Å². The highest BCUT2D eigenvalue weighted by Crippen LogP contribution is 2.35. The van der Waals surface area contributed by atoms with Crippen LogP contribution in [-0.2, 0) is 0 Å². The lowest BCUT2D eigenvalue weighted by Gasteiger charge is -2.37. The van der Waals surface area contributed by atoms with E-state index in [9.17, 15) is 4.79 Å². The van der Waals surface area contributed by atoms with Crippen LogP contribution in [0.1, 0.15) is 70.0 Å². The quantitative estimate of drug-likeness (QED) is 0.826. The molecule has 7 nitrogen and oxygen atoms in total. The second kappa shape index (κ2) is 8.29. The van der Waals surface area contributed by atoms with E-state index in [4.69, 9.17) is 0 Å². The molecule has 1 atom stereocenters. The Morgan fingerprint density at radius 1 is 1.14 bits per heavy atom. The maximum Gasteiger partial charge on any atom is 0.267 e. The van der Waals surface area contributed by atoms with E-state index in [0.29, 0.717) is 12.0 Å². The van der Waals surface area contributed by atoms with Crippen LogP contribution in [0.3, 0.4) is 0 Å². The number of aromatic nitrogens is 4. The Bertz CT molecular complexity index is 860. The highest BCUT2D eigenvalue weighted by atomic mass is 16.1. The van der Waals surface area contributed by atoms with Crippen molar-refractivity contribution in [3.63, 3.8) is 0 Å². The second-order valence-electron chi connectivity index (χ2n) is 8.25. The lowest BCUT2D eigenvalue weighted by atomic mass is 9.83. The Labute approximate surface area is 166 Å². The Hall–Kier alpha value is -2.44. The van der Waals surface area contributed by atoms with E-state index in [1.807, 2.05) is 19.9 Å². The van der Waals surface area contributed by atoms with Gasteiger partial charge in [-0.05, 0) is 52.0 Å². The zero-order chi connectivity index (χ0) is 19.5. The molecule has 1 aliphatic carbocycles. The summed E-state index contributed by atoms with van der Waals surface area (Å²) in [7, 11) is 0. The zero-order valence-corrected chi connectivity index (χ0v) is 16.8. The van der Waals surface area contributed by atoms with Crippen molar-refractivity contribution in [1.82, 2.24) is 19.7 Å². The smallest absolute Gasteiger partial charge is 0.267 e. The highest BCUT2D eigenvalue weighted by molar-refractivity contribution is 5.41. The molecule has 2 aliphatic rings. The van der Waals surface area contributed by atoms with Gasteiger partial charge in [-0.25, -0.2) is 14.6 Å². The molecule has 1 N–H and O–H groups in total. The molecule has 0 aromatic carbocycles. The van der Waals surface area contributed by atoms with Crippen molar-refractivity contribution in [2.45, 2.75) is 70.4 Å². The molecule has 4 rings (SSSR count). The van der Waals surface area contributed by atoms with Gasteiger partial charge in [-0.3, -0.25) is 4.79 Å². The monoisotopic (exact) mass is 382 g/mol. The molecule has 0 radical (unpaired) electrons. The predicted molar refractivity (Wildman–Crippen MR) is 111 cm³/mol. The third kappa shape index (κ3) is 4.03. The molecule has 28 heavy (non-hydrogen) atoms. The van der Waals surface area contributed by atoms with Gasteiger partial charge in [0.1, 0.15) is 18.0 Å². The lowest BCUT2D eigenvalue weighted by molar-refractivity contribution is 0.410. The van der Waals surface area contributed by atoms with Crippen molar-refractivity contribution in [1.29, 1.82) is 0 Å². The maximum atomic E-state index is 12.1. The molecular formula is C21H30N6O. The van der Waals surface area contributed by atoms with Crippen LogP contribution in [0.15, 0.2) is 29.3 Å². The average Bonchev–Trinajstić information content (AvgIpc) is 2.66. The van der Waals surface area contributed by atoms with Crippen molar-refractivity contribution >= 4 is 11.6 Å². The minimum Gasteiger partial charge on any atom is -0.368 e. The first-order valence-electron chi connectivity index (χ1n) is 10.5. The lowest BCUT2D eigenvalue weighted by Crippen LogP contribution is -2.45. The molecule has 2 aromatic heterocycles. The van der Waals surface area contributed by atoms with E-state index in [1.54, 1.807) is 17.1 Å². The first kappa shape index (κ1) is 18.9. The van der Waals surface area contributed by atoms with Crippen LogP contribution in [0.25, 0.3) is 0 Å². The first-order valence-corrected chi connectivity index (χ1v) is 10.5. The summed E-state index contributed by atoms with van der Waals surface area (Å²) in [5.41, 5.74) is 1.12. The highest BCUT2D eigenvalue weighted by Gasteiger charge is 2.25. The molecule has 2 aromatic rings. The van der Waals surface area contributed by atoms with Crippen LogP contribution in [0, 0.1) is 0 Å². The van der Waals surface area contributed by atoms with E-state index in [0.717, 1.165) is 43.3 Å². The molecule has 7 heteroatoms. The molecule has 0 amide bonds. The van der Waals surface area contributed by atoms with Crippen molar-refractivity contribution in [3.8, 4) is 0 Å². The van der Waals surface area contributed by atoms with Gasteiger partial charge in [0.05, 0.1) is 6.04 Å². The van der Waals surface area contributed by atoms with Gasteiger partial charge >= 0.3 is 0 Å². The standard InChI is InChI=1S/C21H30N6O/c1-15(2)27-21(28)10-9-20(25-27)26-11-4-3-8-17(26)13-22-19-12-18(23-14-24-19)16-6-5-7-16/h9-10,12,14-17H,3-8,11,13H2,1-2H3,(H,22,23,24). The summed E-state index contributed by atoms with van der Waals surface area (Å²) in [5.74, 6) is 2.40. The fraction of sp³-hybridized carbons (Fsp3) is 0.619. The van der Waals surface area contributed by atoms with Crippen molar-refractivity contribution in [2.24, 2.45) is 0 Å². The van der Waals surface area contributed by atoms with Crippen LogP contribution in [0.5, 0.6) is 0 Å². The molecule has 1 saturated carbocycles. The molecule has 0 spiro atoms. The van der Waals surface area contributed by atoms with Crippen molar-refractivity contribution in [3.05, 3.63) is 40.6 Å². The van der Waals surface area contributed by atoms with E-state index < -0.39 is 0 Å². The summed E-state index contributed by atoms with van der Waals surface area (Å²) >= 11 is 0. The van der Waals surface area contributed by atoms with Crippen molar-refractivity contribution in [2.75, 3.05) is 23.3 Å². The van der Waals surface area contributed by atoms with Crippen LogP contribution in [0.4, 0.5) is 11.6 Å². The third-order valence-electron chi connectivity index (χ3n) is 5.95. The molecule has 0 bridgehead atoms. The molecular weight excluding hydrogens is 352 g/mol. The van der Waals surface area contributed by atoms with Gasteiger partial charge in [0.25, 0.3) is 5.56 Å². The summed E-state index contributed by atoms with van der Waals surface area (Å²) in [6.45, 7) is 5.75. The number of hydrogen-bond donors (Lipinski definition) is 1. The van der Waals surface area contributed by atoms with Gasteiger partial charge in [-0.15, -0.1) is 0 Å².